The monoisotopic (exact) mass is 293 g/mol. The molecular formula is C15H19NO3S. The highest BCUT2D eigenvalue weighted by Gasteiger charge is 2.47. The number of nitrogens with zero attached hydrogens (tertiary/aromatic N) is 1. The van der Waals surface area contributed by atoms with Crippen LogP contribution in [-0.2, 0) is 16.1 Å². The number of aliphatic carboxylic acids is 1. The third-order valence-electron chi connectivity index (χ3n) is 4.47. The third-order valence-corrected chi connectivity index (χ3v) is 5.33. The minimum absolute atomic E-state index is 0.0167. The Morgan fingerprint density at radius 3 is 2.60 bits per heavy atom. The van der Waals surface area contributed by atoms with Gasteiger partial charge < -0.3 is 10.0 Å². The Morgan fingerprint density at radius 1 is 1.40 bits per heavy atom. The van der Waals surface area contributed by atoms with Gasteiger partial charge in [0, 0.05) is 17.3 Å². The molecule has 0 aromatic carbocycles. The van der Waals surface area contributed by atoms with E-state index in [-0.39, 0.29) is 12.3 Å². The molecule has 0 spiro atoms. The van der Waals surface area contributed by atoms with Crippen LogP contribution in [0.4, 0.5) is 0 Å². The van der Waals surface area contributed by atoms with E-state index in [1.54, 1.807) is 11.3 Å². The number of carboxylic acids is 1. The zero-order valence-electron chi connectivity index (χ0n) is 11.4. The van der Waals surface area contributed by atoms with Gasteiger partial charge in [0.2, 0.25) is 5.91 Å². The fourth-order valence-corrected chi connectivity index (χ4v) is 3.54. The van der Waals surface area contributed by atoms with Gasteiger partial charge in [0.15, 0.2) is 0 Å². The molecule has 0 saturated heterocycles. The zero-order valence-corrected chi connectivity index (χ0v) is 12.2. The van der Waals surface area contributed by atoms with Gasteiger partial charge in [-0.1, -0.05) is 12.5 Å². The summed E-state index contributed by atoms with van der Waals surface area (Å²) in [5.41, 5.74) is -0.778. The second kappa shape index (κ2) is 5.20. The van der Waals surface area contributed by atoms with E-state index in [0.717, 1.165) is 19.3 Å². The quantitative estimate of drug-likeness (QED) is 0.877. The van der Waals surface area contributed by atoms with Gasteiger partial charge in [-0.2, -0.15) is 0 Å². The summed E-state index contributed by atoms with van der Waals surface area (Å²) in [6.45, 7) is 0.636. The van der Waals surface area contributed by atoms with Crippen LogP contribution >= 0.6 is 11.3 Å². The second-order valence-corrected chi connectivity index (χ2v) is 6.98. The molecule has 5 heteroatoms. The van der Waals surface area contributed by atoms with E-state index < -0.39 is 11.4 Å². The number of hydrogen-bond acceptors (Lipinski definition) is 3. The van der Waals surface area contributed by atoms with Crippen LogP contribution in [-0.4, -0.2) is 27.9 Å². The lowest BCUT2D eigenvalue weighted by atomic mass is 9.66. The lowest BCUT2D eigenvalue weighted by Crippen LogP contribution is -2.44. The number of thiophene rings is 1. The fourth-order valence-electron chi connectivity index (χ4n) is 2.84. The lowest BCUT2D eigenvalue weighted by molar-refractivity contribution is -0.159. The van der Waals surface area contributed by atoms with Crippen LogP contribution in [0.5, 0.6) is 0 Å². The van der Waals surface area contributed by atoms with E-state index in [9.17, 15) is 14.7 Å². The first-order valence-electron chi connectivity index (χ1n) is 7.16. The molecule has 2 saturated carbocycles. The maximum Gasteiger partial charge on any atom is 0.310 e. The summed E-state index contributed by atoms with van der Waals surface area (Å²) in [4.78, 5) is 27.0. The molecule has 1 N–H and O–H groups in total. The van der Waals surface area contributed by atoms with Crippen molar-refractivity contribution in [2.45, 2.75) is 51.1 Å². The van der Waals surface area contributed by atoms with Gasteiger partial charge in [0.05, 0.1) is 12.0 Å². The summed E-state index contributed by atoms with van der Waals surface area (Å²) in [6.07, 6.45) is 4.49. The van der Waals surface area contributed by atoms with Crippen molar-refractivity contribution in [2.24, 2.45) is 5.41 Å². The number of carbonyl (C=O) groups is 2. The summed E-state index contributed by atoms with van der Waals surface area (Å²) in [7, 11) is 0. The van der Waals surface area contributed by atoms with Crippen molar-refractivity contribution in [2.75, 3.05) is 0 Å². The van der Waals surface area contributed by atoms with E-state index >= 15 is 0 Å². The average Bonchev–Trinajstić information content (AvgIpc) is 3.07. The van der Waals surface area contributed by atoms with E-state index in [4.69, 9.17) is 0 Å². The number of carbonyl (C=O) groups excluding carboxylic acids is 1. The van der Waals surface area contributed by atoms with Gasteiger partial charge in [-0.25, -0.2) is 0 Å². The van der Waals surface area contributed by atoms with Crippen molar-refractivity contribution in [3.8, 4) is 0 Å². The summed E-state index contributed by atoms with van der Waals surface area (Å²) < 4.78 is 0. The van der Waals surface area contributed by atoms with Crippen molar-refractivity contribution in [1.82, 2.24) is 4.90 Å². The smallest absolute Gasteiger partial charge is 0.310 e. The van der Waals surface area contributed by atoms with Crippen molar-refractivity contribution in [3.63, 3.8) is 0 Å². The third kappa shape index (κ3) is 2.59. The topological polar surface area (TPSA) is 57.6 Å². The molecule has 1 amide bonds. The van der Waals surface area contributed by atoms with E-state index in [1.807, 2.05) is 22.4 Å². The largest absolute Gasteiger partial charge is 0.481 e. The van der Waals surface area contributed by atoms with E-state index in [1.165, 1.54) is 4.88 Å². The van der Waals surface area contributed by atoms with Crippen LogP contribution in [0.2, 0.25) is 0 Å². The van der Waals surface area contributed by atoms with Gasteiger partial charge in [-0.15, -0.1) is 11.3 Å². The molecule has 1 aromatic rings. The van der Waals surface area contributed by atoms with Crippen molar-refractivity contribution in [1.29, 1.82) is 0 Å². The van der Waals surface area contributed by atoms with Gasteiger partial charge in [-0.05, 0) is 37.1 Å². The van der Waals surface area contributed by atoms with Crippen LogP contribution in [0, 0.1) is 5.41 Å². The zero-order chi connectivity index (χ0) is 14.2. The molecule has 1 heterocycles. The van der Waals surface area contributed by atoms with Crippen molar-refractivity contribution in [3.05, 3.63) is 22.4 Å². The predicted octanol–water partition coefficient (Wildman–Crippen LogP) is 2.88. The predicted molar refractivity (Wildman–Crippen MR) is 76.4 cm³/mol. The van der Waals surface area contributed by atoms with Gasteiger partial charge in [0.25, 0.3) is 0 Å². The summed E-state index contributed by atoms with van der Waals surface area (Å²) in [5.74, 6) is -0.785. The molecule has 2 aliphatic rings. The van der Waals surface area contributed by atoms with Crippen molar-refractivity contribution < 1.29 is 14.7 Å². The molecule has 0 atom stereocenters. The van der Waals surface area contributed by atoms with Gasteiger partial charge in [-0.3, -0.25) is 9.59 Å². The molecular weight excluding hydrogens is 274 g/mol. The SMILES string of the molecule is O=C(CC1(C(=O)O)CCC1)N(Cc1cccs1)C1CC1. The van der Waals surface area contributed by atoms with Crippen LogP contribution < -0.4 is 0 Å². The van der Waals surface area contributed by atoms with Crippen molar-refractivity contribution >= 4 is 23.2 Å². The van der Waals surface area contributed by atoms with Gasteiger partial charge in [0.1, 0.15) is 0 Å². The molecule has 2 aliphatic carbocycles. The molecule has 2 fully saturated rings. The minimum Gasteiger partial charge on any atom is -0.481 e. The molecule has 3 rings (SSSR count). The standard InChI is InChI=1S/C15H19NO3S/c17-13(9-15(14(18)19)6-2-7-15)16(11-4-5-11)10-12-3-1-8-20-12/h1,3,8,11H,2,4-7,9-10H2,(H,18,19). The maximum atomic E-state index is 12.5. The van der Waals surface area contributed by atoms with Crippen LogP contribution in [0.15, 0.2) is 17.5 Å². The Hall–Kier alpha value is -1.36. The van der Waals surface area contributed by atoms with Crippen LogP contribution in [0.25, 0.3) is 0 Å². The molecule has 1 aromatic heterocycles. The first-order valence-corrected chi connectivity index (χ1v) is 8.04. The highest BCUT2D eigenvalue weighted by atomic mass is 32.1. The number of hydrogen-bond donors (Lipinski definition) is 1. The van der Waals surface area contributed by atoms with Crippen LogP contribution in [0.1, 0.15) is 43.4 Å². The first kappa shape index (κ1) is 13.6. The summed E-state index contributed by atoms with van der Waals surface area (Å²) >= 11 is 1.65. The average molecular weight is 293 g/mol. The van der Waals surface area contributed by atoms with Crippen LogP contribution in [0.3, 0.4) is 0 Å². The number of carboxylic acid groups (broad SMARTS) is 1. The minimum atomic E-state index is -0.802. The summed E-state index contributed by atoms with van der Waals surface area (Å²) in [6, 6.07) is 4.35. The fraction of sp³-hybridized carbons (Fsp3) is 0.600. The Labute approximate surface area is 122 Å². The highest BCUT2D eigenvalue weighted by Crippen LogP contribution is 2.45. The molecule has 0 radical (unpaired) electrons. The Kier molecular flexibility index (Phi) is 3.54. The second-order valence-electron chi connectivity index (χ2n) is 5.95. The Bertz CT molecular complexity index is 503. The molecule has 4 nitrogen and oxygen atoms in total. The molecule has 0 aliphatic heterocycles. The normalized spacial score (nSPS) is 20.2. The van der Waals surface area contributed by atoms with E-state index in [2.05, 4.69) is 0 Å². The summed E-state index contributed by atoms with van der Waals surface area (Å²) in [5, 5.41) is 11.4. The highest BCUT2D eigenvalue weighted by molar-refractivity contribution is 7.09. The maximum absolute atomic E-state index is 12.5. The Balaban J connectivity index is 1.68. The number of amides is 1. The molecule has 0 unspecified atom stereocenters. The molecule has 108 valence electrons. The number of rotatable bonds is 6. The van der Waals surface area contributed by atoms with E-state index in [0.29, 0.717) is 25.4 Å². The molecule has 20 heavy (non-hydrogen) atoms. The Morgan fingerprint density at radius 2 is 2.15 bits per heavy atom. The van der Waals surface area contributed by atoms with Gasteiger partial charge >= 0.3 is 5.97 Å². The first-order chi connectivity index (χ1) is 9.61. The lowest BCUT2D eigenvalue weighted by Gasteiger charge is -2.38. The molecule has 0 bridgehead atoms.